The van der Waals surface area contributed by atoms with E-state index in [0.717, 1.165) is 52.7 Å². The summed E-state index contributed by atoms with van der Waals surface area (Å²) in [6.45, 7) is 4.50. The number of benzene rings is 1. The van der Waals surface area contributed by atoms with Crippen LogP contribution in [0.4, 0.5) is 5.69 Å². The lowest BCUT2D eigenvalue weighted by Crippen LogP contribution is -2.25. The van der Waals surface area contributed by atoms with Crippen LogP contribution < -0.4 is 10.9 Å². The smallest absolute Gasteiger partial charge is 0.263 e. The Balaban J connectivity index is 1.45. The van der Waals surface area contributed by atoms with Crippen LogP contribution in [0.2, 0.25) is 0 Å². The van der Waals surface area contributed by atoms with Crippen LogP contribution in [0.1, 0.15) is 54.4 Å². The van der Waals surface area contributed by atoms with Crippen molar-refractivity contribution < 1.29 is 9.21 Å². The molecule has 4 aromatic rings. The normalized spacial score (nSPS) is 13.4. The van der Waals surface area contributed by atoms with Crippen molar-refractivity contribution in [1.82, 2.24) is 9.55 Å². The minimum absolute atomic E-state index is 0.0474. The van der Waals surface area contributed by atoms with E-state index in [-0.39, 0.29) is 17.2 Å². The highest BCUT2D eigenvalue weighted by Gasteiger charge is 2.23. The molecule has 0 saturated carbocycles. The van der Waals surface area contributed by atoms with Gasteiger partial charge in [0.1, 0.15) is 10.6 Å². The molecular formula is C26H27N3O3S2. The molecule has 1 N–H and O–H groups in total. The van der Waals surface area contributed by atoms with Crippen LogP contribution >= 0.6 is 23.1 Å². The lowest BCUT2D eigenvalue weighted by Gasteiger charge is -2.14. The molecule has 1 aliphatic carbocycles. The number of aryl methyl sites for hydroxylation is 2. The Labute approximate surface area is 206 Å². The first-order valence-corrected chi connectivity index (χ1v) is 13.4. The Morgan fingerprint density at radius 2 is 2.03 bits per heavy atom. The minimum atomic E-state index is -0.123. The number of para-hydroxylation sites is 1. The van der Waals surface area contributed by atoms with E-state index < -0.39 is 0 Å². The van der Waals surface area contributed by atoms with Crippen molar-refractivity contribution >= 4 is 44.9 Å². The number of rotatable bonds is 7. The van der Waals surface area contributed by atoms with Crippen molar-refractivity contribution in [1.29, 1.82) is 0 Å². The second-order valence-electron chi connectivity index (χ2n) is 8.83. The molecule has 0 spiro atoms. The zero-order valence-electron chi connectivity index (χ0n) is 19.3. The summed E-state index contributed by atoms with van der Waals surface area (Å²) in [6.07, 6.45) is 5.79. The van der Waals surface area contributed by atoms with Crippen molar-refractivity contribution in [2.45, 2.75) is 57.1 Å². The van der Waals surface area contributed by atoms with Crippen molar-refractivity contribution in [2.75, 3.05) is 11.1 Å². The van der Waals surface area contributed by atoms with E-state index >= 15 is 0 Å². The van der Waals surface area contributed by atoms with E-state index in [4.69, 9.17) is 9.40 Å². The van der Waals surface area contributed by atoms with Gasteiger partial charge in [-0.2, -0.15) is 0 Å². The lowest BCUT2D eigenvalue weighted by molar-refractivity contribution is -0.113. The van der Waals surface area contributed by atoms with Gasteiger partial charge in [0, 0.05) is 10.6 Å². The molecule has 0 fully saturated rings. The summed E-state index contributed by atoms with van der Waals surface area (Å²) in [5.74, 6) is 1.02. The predicted octanol–water partition coefficient (Wildman–Crippen LogP) is 5.83. The van der Waals surface area contributed by atoms with Gasteiger partial charge in [0.2, 0.25) is 5.91 Å². The van der Waals surface area contributed by atoms with Crippen LogP contribution in [0.25, 0.3) is 10.2 Å². The highest BCUT2D eigenvalue weighted by molar-refractivity contribution is 7.99. The SMILES string of the molecule is CC(C)c1ccccc1NC(=O)CSc1nc2sc3c(c2c(=O)n1Cc1ccco1)CCCC3. The monoisotopic (exact) mass is 493 g/mol. The zero-order valence-corrected chi connectivity index (χ0v) is 20.9. The molecule has 0 bridgehead atoms. The topological polar surface area (TPSA) is 77.1 Å². The van der Waals surface area contributed by atoms with Gasteiger partial charge in [0.15, 0.2) is 5.16 Å². The Hall–Kier alpha value is -2.84. The number of carbonyl (C=O) groups is 1. The van der Waals surface area contributed by atoms with Crippen LogP contribution in [0.15, 0.2) is 57.0 Å². The number of hydrogen-bond donors (Lipinski definition) is 1. The molecule has 1 amide bonds. The fourth-order valence-electron chi connectivity index (χ4n) is 4.46. The number of furan rings is 1. The number of thioether (sulfide) groups is 1. The number of anilines is 1. The number of fused-ring (bicyclic) bond motifs is 3. The van der Waals surface area contributed by atoms with Gasteiger partial charge in [-0.1, -0.05) is 43.8 Å². The first kappa shape index (κ1) is 22.9. The molecular weight excluding hydrogens is 466 g/mol. The second-order valence-corrected chi connectivity index (χ2v) is 10.9. The first-order chi connectivity index (χ1) is 16.5. The molecule has 1 aromatic carbocycles. The molecule has 3 heterocycles. The van der Waals surface area contributed by atoms with E-state index in [1.807, 2.05) is 36.4 Å². The molecule has 0 saturated heterocycles. The molecule has 1 aliphatic rings. The highest BCUT2D eigenvalue weighted by atomic mass is 32.2. The molecule has 3 aromatic heterocycles. The van der Waals surface area contributed by atoms with Gasteiger partial charge in [-0.15, -0.1) is 11.3 Å². The van der Waals surface area contributed by atoms with Crippen LogP contribution in [-0.2, 0) is 24.2 Å². The summed E-state index contributed by atoms with van der Waals surface area (Å²) in [7, 11) is 0. The second kappa shape index (κ2) is 9.80. The zero-order chi connectivity index (χ0) is 23.7. The van der Waals surface area contributed by atoms with E-state index in [2.05, 4.69) is 19.2 Å². The molecule has 8 heteroatoms. The Morgan fingerprint density at radius 1 is 1.21 bits per heavy atom. The third-order valence-electron chi connectivity index (χ3n) is 6.12. The quantitative estimate of drug-likeness (QED) is 0.259. The van der Waals surface area contributed by atoms with Gasteiger partial charge >= 0.3 is 0 Å². The van der Waals surface area contributed by atoms with E-state index in [1.54, 1.807) is 22.2 Å². The Morgan fingerprint density at radius 3 is 2.82 bits per heavy atom. The van der Waals surface area contributed by atoms with Crippen LogP contribution in [0.3, 0.4) is 0 Å². The van der Waals surface area contributed by atoms with Crippen molar-refractivity contribution in [2.24, 2.45) is 0 Å². The number of aromatic nitrogens is 2. The van der Waals surface area contributed by atoms with Crippen LogP contribution in [-0.4, -0.2) is 21.2 Å². The maximum atomic E-state index is 13.6. The summed E-state index contributed by atoms with van der Waals surface area (Å²) in [4.78, 5) is 33.4. The van der Waals surface area contributed by atoms with Crippen molar-refractivity contribution in [3.63, 3.8) is 0 Å². The molecule has 5 rings (SSSR count). The molecule has 0 atom stereocenters. The maximum absolute atomic E-state index is 13.6. The van der Waals surface area contributed by atoms with Crippen LogP contribution in [0.5, 0.6) is 0 Å². The number of hydrogen-bond acceptors (Lipinski definition) is 6. The largest absolute Gasteiger partial charge is 0.467 e. The third kappa shape index (κ3) is 4.57. The molecule has 0 radical (unpaired) electrons. The summed E-state index contributed by atoms with van der Waals surface area (Å²) in [5.41, 5.74) is 3.04. The maximum Gasteiger partial charge on any atom is 0.263 e. The summed E-state index contributed by atoms with van der Waals surface area (Å²) >= 11 is 2.92. The summed E-state index contributed by atoms with van der Waals surface area (Å²) in [5, 5.41) is 4.31. The molecule has 34 heavy (non-hydrogen) atoms. The van der Waals surface area contributed by atoms with E-state index in [0.29, 0.717) is 23.4 Å². The van der Waals surface area contributed by atoms with E-state index in [9.17, 15) is 9.59 Å². The molecule has 6 nitrogen and oxygen atoms in total. The molecule has 176 valence electrons. The summed E-state index contributed by atoms with van der Waals surface area (Å²) in [6, 6.07) is 11.5. The Bertz CT molecular complexity index is 1390. The van der Waals surface area contributed by atoms with Crippen molar-refractivity contribution in [3.8, 4) is 0 Å². The highest BCUT2D eigenvalue weighted by Crippen LogP contribution is 2.35. The predicted molar refractivity (Wildman–Crippen MR) is 138 cm³/mol. The van der Waals surface area contributed by atoms with Gasteiger partial charge in [-0.25, -0.2) is 4.98 Å². The van der Waals surface area contributed by atoms with Crippen molar-refractivity contribution in [3.05, 3.63) is 74.8 Å². The van der Waals surface area contributed by atoms with Gasteiger partial charge in [0.05, 0.1) is 23.9 Å². The number of amides is 1. The Kier molecular flexibility index (Phi) is 6.61. The standard InChI is InChI=1S/C26H27N3O3S2/c1-16(2)18-9-3-5-11-20(18)27-22(30)15-33-26-28-24-23(19-10-4-6-12-21(19)34-24)25(31)29(26)14-17-8-7-13-32-17/h3,5,7-9,11,13,16H,4,6,10,12,14-15H2,1-2H3,(H,27,30). The van der Waals surface area contributed by atoms with Gasteiger partial charge in [-0.3, -0.25) is 14.2 Å². The van der Waals surface area contributed by atoms with Gasteiger partial charge < -0.3 is 9.73 Å². The molecule has 0 aliphatic heterocycles. The number of thiophene rings is 1. The van der Waals surface area contributed by atoms with E-state index in [1.165, 1.54) is 16.6 Å². The number of nitrogens with zero attached hydrogens (tertiary/aromatic N) is 2. The number of nitrogens with one attached hydrogen (secondary N) is 1. The molecule has 0 unspecified atom stereocenters. The van der Waals surface area contributed by atoms with Crippen LogP contribution in [0, 0.1) is 0 Å². The van der Waals surface area contributed by atoms with Gasteiger partial charge in [-0.05, 0) is 60.9 Å². The summed E-state index contributed by atoms with van der Waals surface area (Å²) < 4.78 is 7.18. The van der Waals surface area contributed by atoms with Gasteiger partial charge in [0.25, 0.3) is 5.56 Å². The fourth-order valence-corrected chi connectivity index (χ4v) is 6.56. The fraction of sp³-hybridized carbons (Fsp3) is 0.346. The average Bonchev–Trinajstić information content (AvgIpc) is 3.47. The average molecular weight is 494 g/mol. The number of carbonyl (C=O) groups excluding carboxylic acids is 1. The minimum Gasteiger partial charge on any atom is -0.467 e. The third-order valence-corrected chi connectivity index (χ3v) is 8.29. The first-order valence-electron chi connectivity index (χ1n) is 11.6. The lowest BCUT2D eigenvalue weighted by atomic mass is 9.97.